The lowest BCUT2D eigenvalue weighted by molar-refractivity contribution is 0.250. The first-order valence-corrected chi connectivity index (χ1v) is 7.21. The zero-order valence-corrected chi connectivity index (χ0v) is 11.0. The van der Waals surface area contributed by atoms with Crippen molar-refractivity contribution in [3.63, 3.8) is 0 Å². The fraction of sp³-hybridized carbons (Fsp3) is 1.00. The van der Waals surface area contributed by atoms with E-state index in [4.69, 9.17) is 0 Å². The van der Waals surface area contributed by atoms with Crippen LogP contribution in [0.25, 0.3) is 0 Å². The van der Waals surface area contributed by atoms with Crippen LogP contribution in [0.3, 0.4) is 0 Å². The average molecular weight is 224 g/mol. The smallest absolute Gasteiger partial charge is 0.0195 e. The Hall–Kier alpha value is -0.0800. The van der Waals surface area contributed by atoms with E-state index in [9.17, 15) is 0 Å². The summed E-state index contributed by atoms with van der Waals surface area (Å²) in [5.41, 5.74) is 0. The van der Waals surface area contributed by atoms with Gasteiger partial charge in [-0.3, -0.25) is 0 Å². The summed E-state index contributed by atoms with van der Waals surface area (Å²) in [6.07, 6.45) is 7.06. The van der Waals surface area contributed by atoms with Gasteiger partial charge in [0.25, 0.3) is 0 Å². The van der Waals surface area contributed by atoms with Crippen molar-refractivity contribution in [2.45, 2.75) is 52.0 Å². The largest absolute Gasteiger partial charge is 0.313 e. The van der Waals surface area contributed by atoms with Crippen molar-refractivity contribution in [2.24, 2.45) is 11.8 Å². The van der Waals surface area contributed by atoms with E-state index in [1.807, 2.05) is 0 Å². The standard InChI is InChI=1S/C14H28N2/c1-12(2)13-5-4-9-16(10-7-13)11-14-6-3-8-15-14/h12-15H,3-11H2,1-2H3/t13?,14-/m0/s1. The van der Waals surface area contributed by atoms with Crippen molar-refractivity contribution in [3.8, 4) is 0 Å². The lowest BCUT2D eigenvalue weighted by Gasteiger charge is -2.24. The van der Waals surface area contributed by atoms with Crippen LogP contribution in [-0.4, -0.2) is 37.1 Å². The van der Waals surface area contributed by atoms with Crippen LogP contribution in [-0.2, 0) is 0 Å². The van der Waals surface area contributed by atoms with Crippen LogP contribution in [0, 0.1) is 11.8 Å². The van der Waals surface area contributed by atoms with Crippen LogP contribution < -0.4 is 5.32 Å². The lowest BCUT2D eigenvalue weighted by Crippen LogP contribution is -2.38. The second kappa shape index (κ2) is 6.02. The summed E-state index contributed by atoms with van der Waals surface area (Å²) in [6, 6.07) is 0.788. The molecule has 2 aliphatic rings. The van der Waals surface area contributed by atoms with E-state index in [0.29, 0.717) is 0 Å². The minimum absolute atomic E-state index is 0.788. The molecule has 2 heterocycles. The van der Waals surface area contributed by atoms with Crippen LogP contribution in [0.15, 0.2) is 0 Å². The molecule has 0 bridgehead atoms. The van der Waals surface area contributed by atoms with Gasteiger partial charge in [-0.15, -0.1) is 0 Å². The van der Waals surface area contributed by atoms with E-state index < -0.39 is 0 Å². The maximum Gasteiger partial charge on any atom is 0.0195 e. The predicted octanol–water partition coefficient (Wildman–Crippen LogP) is 2.50. The number of hydrogen-bond donors (Lipinski definition) is 1. The topological polar surface area (TPSA) is 15.3 Å². The molecule has 0 aromatic rings. The Labute approximate surface area is 101 Å². The number of nitrogens with zero attached hydrogens (tertiary/aromatic N) is 1. The van der Waals surface area contributed by atoms with Gasteiger partial charge in [0, 0.05) is 12.6 Å². The lowest BCUT2D eigenvalue weighted by atomic mass is 9.89. The molecule has 2 atom stereocenters. The van der Waals surface area contributed by atoms with Gasteiger partial charge in [-0.2, -0.15) is 0 Å². The zero-order chi connectivity index (χ0) is 11.4. The third-order valence-corrected chi connectivity index (χ3v) is 4.45. The summed E-state index contributed by atoms with van der Waals surface area (Å²) in [4.78, 5) is 2.70. The molecule has 2 saturated heterocycles. The molecule has 0 amide bonds. The molecule has 2 rings (SSSR count). The molecular weight excluding hydrogens is 196 g/mol. The molecule has 94 valence electrons. The van der Waals surface area contributed by atoms with Crippen LogP contribution >= 0.6 is 0 Å². The van der Waals surface area contributed by atoms with Gasteiger partial charge in [-0.05, 0) is 63.6 Å². The molecule has 0 radical (unpaired) electrons. The Kier molecular flexibility index (Phi) is 4.66. The van der Waals surface area contributed by atoms with Crippen molar-refractivity contribution in [1.82, 2.24) is 10.2 Å². The predicted molar refractivity (Wildman–Crippen MR) is 69.6 cm³/mol. The van der Waals surface area contributed by atoms with E-state index >= 15 is 0 Å². The molecule has 1 unspecified atom stereocenters. The van der Waals surface area contributed by atoms with Crippen molar-refractivity contribution in [2.75, 3.05) is 26.2 Å². The Morgan fingerprint density at radius 1 is 1.12 bits per heavy atom. The second-order valence-corrected chi connectivity index (χ2v) is 6.03. The number of likely N-dealkylation sites (tertiary alicyclic amines) is 1. The van der Waals surface area contributed by atoms with E-state index in [2.05, 4.69) is 24.1 Å². The summed E-state index contributed by atoms with van der Waals surface area (Å²) >= 11 is 0. The summed E-state index contributed by atoms with van der Waals surface area (Å²) < 4.78 is 0. The molecule has 0 spiro atoms. The third kappa shape index (κ3) is 3.46. The molecular formula is C14H28N2. The Bertz CT molecular complexity index is 197. The summed E-state index contributed by atoms with van der Waals surface area (Å²) in [5.74, 6) is 1.85. The molecule has 0 aromatic heterocycles. The summed E-state index contributed by atoms with van der Waals surface area (Å²) in [5, 5.41) is 3.62. The first-order valence-electron chi connectivity index (χ1n) is 7.21. The molecule has 0 aliphatic carbocycles. The Balaban J connectivity index is 1.74. The van der Waals surface area contributed by atoms with Crippen LogP contribution in [0.5, 0.6) is 0 Å². The average Bonchev–Trinajstić information content (AvgIpc) is 2.63. The second-order valence-electron chi connectivity index (χ2n) is 6.03. The van der Waals surface area contributed by atoms with Crippen molar-refractivity contribution >= 4 is 0 Å². The van der Waals surface area contributed by atoms with Gasteiger partial charge >= 0.3 is 0 Å². The monoisotopic (exact) mass is 224 g/mol. The van der Waals surface area contributed by atoms with Crippen molar-refractivity contribution in [1.29, 1.82) is 0 Å². The van der Waals surface area contributed by atoms with E-state index in [-0.39, 0.29) is 0 Å². The molecule has 2 heteroatoms. The maximum absolute atomic E-state index is 3.62. The molecule has 2 fully saturated rings. The van der Waals surface area contributed by atoms with Crippen LogP contribution in [0.2, 0.25) is 0 Å². The van der Waals surface area contributed by atoms with E-state index in [1.54, 1.807) is 0 Å². The fourth-order valence-electron chi connectivity index (χ4n) is 3.26. The van der Waals surface area contributed by atoms with Crippen molar-refractivity contribution < 1.29 is 0 Å². The molecule has 0 saturated carbocycles. The quantitative estimate of drug-likeness (QED) is 0.792. The van der Waals surface area contributed by atoms with E-state index in [0.717, 1.165) is 17.9 Å². The highest BCUT2D eigenvalue weighted by Gasteiger charge is 2.22. The minimum atomic E-state index is 0.788. The van der Waals surface area contributed by atoms with E-state index in [1.165, 1.54) is 58.3 Å². The summed E-state index contributed by atoms with van der Waals surface area (Å²) in [6.45, 7) is 9.98. The van der Waals surface area contributed by atoms with Crippen LogP contribution in [0.1, 0.15) is 46.0 Å². The highest BCUT2D eigenvalue weighted by molar-refractivity contribution is 4.80. The molecule has 2 nitrogen and oxygen atoms in total. The fourth-order valence-corrected chi connectivity index (χ4v) is 3.26. The zero-order valence-electron chi connectivity index (χ0n) is 11.0. The Morgan fingerprint density at radius 2 is 2.00 bits per heavy atom. The first-order chi connectivity index (χ1) is 7.75. The number of hydrogen-bond acceptors (Lipinski definition) is 2. The normalized spacial score (nSPS) is 33.2. The first kappa shape index (κ1) is 12.4. The van der Waals surface area contributed by atoms with Crippen molar-refractivity contribution in [3.05, 3.63) is 0 Å². The van der Waals surface area contributed by atoms with Gasteiger partial charge in [-0.25, -0.2) is 0 Å². The maximum atomic E-state index is 3.62. The molecule has 16 heavy (non-hydrogen) atoms. The van der Waals surface area contributed by atoms with Gasteiger partial charge in [0.15, 0.2) is 0 Å². The molecule has 0 aromatic carbocycles. The number of rotatable bonds is 3. The van der Waals surface area contributed by atoms with Gasteiger partial charge < -0.3 is 10.2 Å². The minimum Gasteiger partial charge on any atom is -0.313 e. The molecule has 1 N–H and O–H groups in total. The van der Waals surface area contributed by atoms with Crippen LogP contribution in [0.4, 0.5) is 0 Å². The van der Waals surface area contributed by atoms with Gasteiger partial charge in [-0.1, -0.05) is 13.8 Å². The van der Waals surface area contributed by atoms with Gasteiger partial charge in [0.1, 0.15) is 0 Å². The highest BCUT2D eigenvalue weighted by Crippen LogP contribution is 2.24. The Morgan fingerprint density at radius 3 is 2.69 bits per heavy atom. The third-order valence-electron chi connectivity index (χ3n) is 4.45. The SMILES string of the molecule is CC(C)C1CCCN(C[C@@H]2CCCN2)CC1. The van der Waals surface area contributed by atoms with Gasteiger partial charge in [0.2, 0.25) is 0 Å². The molecule has 2 aliphatic heterocycles. The summed E-state index contributed by atoms with van der Waals surface area (Å²) in [7, 11) is 0. The highest BCUT2D eigenvalue weighted by atomic mass is 15.2. The van der Waals surface area contributed by atoms with Gasteiger partial charge in [0.05, 0.1) is 0 Å². The number of nitrogens with one attached hydrogen (secondary N) is 1.